The maximum atomic E-state index is 11.8. The normalized spacial score (nSPS) is 14.1. The molecule has 1 heterocycles. The number of urea groups is 1. The molecule has 0 saturated carbocycles. The van der Waals surface area contributed by atoms with Crippen LogP contribution in [-0.4, -0.2) is 83.1 Å². The summed E-state index contributed by atoms with van der Waals surface area (Å²) >= 11 is 6.15. The molecule has 1 atom stereocenters. The Hall–Kier alpha value is -4.07. The fourth-order valence-corrected chi connectivity index (χ4v) is 4.89. The number of hydrogen-bond acceptors (Lipinski definition) is 6. The first-order valence-electron chi connectivity index (χ1n) is 13.3. The summed E-state index contributed by atoms with van der Waals surface area (Å²) in [6.07, 6.45) is 0.180. The lowest BCUT2D eigenvalue weighted by molar-refractivity contribution is -0.0372. The van der Waals surface area contributed by atoms with Crippen molar-refractivity contribution in [3.63, 3.8) is 0 Å². The maximum absolute atomic E-state index is 11.8. The Morgan fingerprint density at radius 2 is 1.67 bits per heavy atom. The van der Waals surface area contributed by atoms with Gasteiger partial charge in [0.05, 0.1) is 12.6 Å². The molecule has 10 heteroatoms. The Morgan fingerprint density at radius 1 is 1.00 bits per heavy atom. The van der Waals surface area contributed by atoms with Crippen LogP contribution >= 0.6 is 11.6 Å². The van der Waals surface area contributed by atoms with Crippen LogP contribution in [0.25, 0.3) is 0 Å². The summed E-state index contributed by atoms with van der Waals surface area (Å²) in [5.41, 5.74) is 7.91. The van der Waals surface area contributed by atoms with E-state index < -0.39 is 12.0 Å². The van der Waals surface area contributed by atoms with E-state index in [1.807, 2.05) is 18.2 Å². The van der Waals surface area contributed by atoms with Crippen LogP contribution in [0.5, 0.6) is 5.75 Å². The largest absolute Gasteiger partial charge is 0.491 e. The lowest BCUT2D eigenvalue weighted by Gasteiger charge is -2.39. The van der Waals surface area contributed by atoms with E-state index in [-0.39, 0.29) is 37.7 Å². The highest BCUT2D eigenvalue weighted by Crippen LogP contribution is 2.30. The summed E-state index contributed by atoms with van der Waals surface area (Å²) in [7, 11) is 0. The first-order valence-corrected chi connectivity index (χ1v) is 13.7. The van der Waals surface area contributed by atoms with Gasteiger partial charge in [0.15, 0.2) is 0 Å². The maximum Gasteiger partial charge on any atom is 0.339 e. The Labute approximate surface area is 252 Å². The molecule has 0 bridgehead atoms. The Balaban J connectivity index is 0.00000484. The lowest BCUT2D eigenvalue weighted by Crippen LogP contribution is -2.48. The van der Waals surface area contributed by atoms with E-state index in [4.69, 9.17) is 22.1 Å². The summed E-state index contributed by atoms with van der Waals surface area (Å²) in [5, 5.41) is 20.1. The third-order valence-electron chi connectivity index (χ3n) is 6.88. The van der Waals surface area contributed by atoms with Gasteiger partial charge in [-0.15, -0.1) is 0 Å². The first kappa shape index (κ1) is 32.4. The second-order valence-corrected chi connectivity index (χ2v) is 10.1. The zero-order chi connectivity index (χ0) is 29.2. The van der Waals surface area contributed by atoms with Gasteiger partial charge >= 0.3 is 12.0 Å². The van der Waals surface area contributed by atoms with Crippen molar-refractivity contribution in [2.45, 2.75) is 19.9 Å². The van der Waals surface area contributed by atoms with Gasteiger partial charge in [-0.1, -0.05) is 73.3 Å². The molecule has 1 saturated heterocycles. The predicted molar refractivity (Wildman–Crippen MR) is 163 cm³/mol. The van der Waals surface area contributed by atoms with E-state index in [1.54, 1.807) is 12.1 Å². The van der Waals surface area contributed by atoms with Crippen LogP contribution in [0, 0.1) is 11.8 Å². The highest BCUT2D eigenvalue weighted by atomic mass is 35.5. The number of carboxylic acid groups (broad SMARTS) is 1. The van der Waals surface area contributed by atoms with Gasteiger partial charge in [0, 0.05) is 49.7 Å². The van der Waals surface area contributed by atoms with Gasteiger partial charge in [-0.25, -0.2) is 14.7 Å². The molecule has 0 aromatic heterocycles. The number of aromatic carboxylic acids is 1. The third kappa shape index (κ3) is 8.96. The summed E-state index contributed by atoms with van der Waals surface area (Å²) < 4.78 is 5.88. The number of hydrogen-bond donors (Lipinski definition) is 3. The highest BCUT2D eigenvalue weighted by Gasteiger charge is 2.26. The number of piperazine rings is 1. The molecule has 4 rings (SSSR count). The molecule has 0 spiro atoms. The van der Waals surface area contributed by atoms with E-state index in [9.17, 15) is 19.9 Å². The quantitative estimate of drug-likeness (QED) is 0.173. The Morgan fingerprint density at radius 3 is 2.31 bits per heavy atom. The second-order valence-electron chi connectivity index (χ2n) is 9.62. The molecule has 1 fully saturated rings. The standard InChI is InChI=1S/C31H33ClN4O5.CH4/c32-26-12-10-25(11-13-26)29(24-7-2-1-3-8-24)35-18-16-34(17-19-35)20-21-41-28-14-9-23(22-27(28)30(37)38)6-4-5-15-36(40)31(33)39;/h1-3,7-14,22,29,40H,5,15-21H2,(H2,33,39)(H,37,38);1H4/t29-;/m1./s1. The minimum absolute atomic E-state index is 0. The smallest absolute Gasteiger partial charge is 0.339 e. The van der Waals surface area contributed by atoms with Crippen molar-refractivity contribution in [2.75, 3.05) is 45.9 Å². The number of nitrogens with zero attached hydrogens (tertiary/aromatic N) is 3. The number of hydroxylamine groups is 2. The van der Waals surface area contributed by atoms with Gasteiger partial charge in [-0.05, 0) is 41.5 Å². The second kappa shape index (κ2) is 15.8. The van der Waals surface area contributed by atoms with Crippen molar-refractivity contribution in [2.24, 2.45) is 5.73 Å². The molecule has 0 unspecified atom stereocenters. The zero-order valence-corrected chi connectivity index (χ0v) is 23.3. The molecule has 4 N–H and O–H groups in total. The van der Waals surface area contributed by atoms with E-state index >= 15 is 0 Å². The van der Waals surface area contributed by atoms with Crippen LogP contribution in [0.4, 0.5) is 4.79 Å². The molecular formula is C32H37ClN4O5. The van der Waals surface area contributed by atoms with Crippen molar-refractivity contribution in [3.05, 3.63) is 100 Å². The number of benzene rings is 3. The topological polar surface area (TPSA) is 120 Å². The van der Waals surface area contributed by atoms with Crippen molar-refractivity contribution >= 4 is 23.6 Å². The molecule has 2 amide bonds. The van der Waals surface area contributed by atoms with Gasteiger partial charge in [0.25, 0.3) is 0 Å². The van der Waals surface area contributed by atoms with Crippen LogP contribution in [0.1, 0.15) is 46.9 Å². The number of primary amides is 1. The molecule has 0 aliphatic carbocycles. The van der Waals surface area contributed by atoms with Gasteiger partial charge in [0.2, 0.25) is 0 Å². The number of rotatable bonds is 10. The van der Waals surface area contributed by atoms with Crippen molar-refractivity contribution < 1.29 is 24.6 Å². The number of nitrogens with two attached hydrogens (primary N) is 1. The highest BCUT2D eigenvalue weighted by molar-refractivity contribution is 6.30. The van der Waals surface area contributed by atoms with Crippen LogP contribution in [-0.2, 0) is 0 Å². The zero-order valence-electron chi connectivity index (χ0n) is 22.6. The Bertz CT molecular complexity index is 1380. The molecule has 1 aliphatic rings. The average Bonchev–Trinajstić information content (AvgIpc) is 2.98. The van der Waals surface area contributed by atoms with Crippen LogP contribution in [0.3, 0.4) is 0 Å². The van der Waals surface area contributed by atoms with E-state index in [1.165, 1.54) is 17.2 Å². The van der Waals surface area contributed by atoms with E-state index in [2.05, 4.69) is 58.0 Å². The molecule has 3 aromatic rings. The first-order chi connectivity index (χ1) is 19.8. The number of ether oxygens (including phenoxy) is 1. The fraction of sp³-hybridized carbons (Fsp3) is 0.312. The minimum Gasteiger partial charge on any atom is -0.491 e. The van der Waals surface area contributed by atoms with Gasteiger partial charge in [0.1, 0.15) is 17.9 Å². The fourth-order valence-electron chi connectivity index (χ4n) is 4.76. The third-order valence-corrected chi connectivity index (χ3v) is 7.14. The molecular weight excluding hydrogens is 556 g/mol. The summed E-state index contributed by atoms with van der Waals surface area (Å²) in [4.78, 5) is 27.5. The number of carbonyl (C=O) groups is 2. The average molecular weight is 593 g/mol. The monoisotopic (exact) mass is 592 g/mol. The van der Waals surface area contributed by atoms with Crippen LogP contribution < -0.4 is 10.5 Å². The number of amides is 2. The number of carboxylic acids is 1. The molecule has 3 aromatic carbocycles. The molecule has 1 aliphatic heterocycles. The van der Waals surface area contributed by atoms with Crippen molar-refractivity contribution in [1.29, 1.82) is 0 Å². The predicted octanol–water partition coefficient (Wildman–Crippen LogP) is 4.97. The summed E-state index contributed by atoms with van der Waals surface area (Å²) in [6, 6.07) is 22.4. The van der Waals surface area contributed by atoms with Gasteiger partial charge in [-0.2, -0.15) is 0 Å². The van der Waals surface area contributed by atoms with Gasteiger partial charge in [-0.3, -0.25) is 15.0 Å². The SMILES string of the molecule is C.NC(=O)N(O)CCC#Cc1ccc(OCCN2CCN([C@H](c3ccccc3)c3ccc(Cl)cc3)CC2)c(C(=O)O)c1. The van der Waals surface area contributed by atoms with Gasteiger partial charge < -0.3 is 15.6 Å². The molecule has 222 valence electrons. The number of halogens is 1. The molecule has 42 heavy (non-hydrogen) atoms. The molecule has 0 radical (unpaired) electrons. The Kier molecular flexibility index (Phi) is 12.2. The van der Waals surface area contributed by atoms with Crippen LogP contribution in [0.2, 0.25) is 5.02 Å². The number of carbonyl (C=O) groups excluding carboxylic acids is 1. The summed E-state index contributed by atoms with van der Waals surface area (Å²) in [5.74, 6) is 4.79. The van der Waals surface area contributed by atoms with Crippen molar-refractivity contribution in [1.82, 2.24) is 14.9 Å². The molecule has 9 nitrogen and oxygen atoms in total. The summed E-state index contributed by atoms with van der Waals surface area (Å²) in [6.45, 7) is 4.46. The van der Waals surface area contributed by atoms with E-state index in [0.717, 1.165) is 31.2 Å². The minimum atomic E-state index is -1.11. The van der Waals surface area contributed by atoms with E-state index in [0.29, 0.717) is 23.8 Å². The lowest BCUT2D eigenvalue weighted by atomic mass is 9.96. The van der Waals surface area contributed by atoms with Crippen molar-refractivity contribution in [3.8, 4) is 17.6 Å². The van der Waals surface area contributed by atoms with Crippen LogP contribution in [0.15, 0.2) is 72.8 Å².